The van der Waals surface area contributed by atoms with Crippen molar-refractivity contribution in [1.29, 1.82) is 0 Å². The molecule has 1 aromatic carbocycles. The molecule has 14 heavy (non-hydrogen) atoms. The Kier molecular flexibility index (Phi) is 5.22. The highest BCUT2D eigenvalue weighted by Crippen LogP contribution is 2.16. The Labute approximate surface area is 86.0 Å². The molecule has 0 saturated carbocycles. The Morgan fingerprint density at radius 1 is 1.43 bits per heavy atom. The number of hydrogen-bond acceptors (Lipinski definition) is 3. The van der Waals surface area contributed by atoms with Crippen molar-refractivity contribution in [3.63, 3.8) is 0 Å². The van der Waals surface area contributed by atoms with E-state index in [-0.39, 0.29) is 5.94 Å². The zero-order valence-electron chi connectivity index (χ0n) is 7.38. The van der Waals surface area contributed by atoms with Crippen LogP contribution in [0.5, 0.6) is 0 Å². The summed E-state index contributed by atoms with van der Waals surface area (Å²) in [6, 6.07) is 9.26. The first-order valence-corrected chi connectivity index (χ1v) is 6.68. The Bertz CT molecular complexity index is 293. The van der Waals surface area contributed by atoms with Gasteiger partial charge in [-0.25, -0.2) is 0 Å². The first kappa shape index (κ1) is 11.8. The molecule has 0 aliphatic carbocycles. The molecule has 2 unspecified atom stereocenters. The van der Waals surface area contributed by atoms with Gasteiger partial charge in [0.15, 0.2) is 0 Å². The summed E-state index contributed by atoms with van der Waals surface area (Å²) in [5.74, 6) is 0.152. The van der Waals surface area contributed by atoms with Crippen molar-refractivity contribution in [3.05, 3.63) is 35.9 Å². The van der Waals surface area contributed by atoms with E-state index in [2.05, 4.69) is 4.52 Å². The average Bonchev–Trinajstić information content (AvgIpc) is 2.16. The monoisotopic (exact) mass is 234 g/mol. The van der Waals surface area contributed by atoms with Crippen molar-refractivity contribution < 1.29 is 18.5 Å². The molecular weight excluding hydrogens is 223 g/mol. The Morgan fingerprint density at radius 2 is 2.07 bits per heavy atom. The molecule has 78 valence electrons. The van der Waals surface area contributed by atoms with Crippen LogP contribution in [0.15, 0.2) is 30.3 Å². The van der Waals surface area contributed by atoms with Crippen LogP contribution < -0.4 is 0 Å². The zero-order chi connectivity index (χ0) is 10.4. The molecule has 0 saturated heterocycles. The van der Waals surface area contributed by atoms with E-state index in [1.165, 1.54) is 0 Å². The zero-order valence-corrected chi connectivity index (χ0v) is 9.20. The topological polar surface area (TPSA) is 69.6 Å². The van der Waals surface area contributed by atoms with Crippen LogP contribution in [0.3, 0.4) is 0 Å². The van der Waals surface area contributed by atoms with Gasteiger partial charge in [-0.2, -0.15) is 0 Å². The maximum Gasteiger partial charge on any atom is 0.320 e. The van der Waals surface area contributed by atoms with E-state index in [0.29, 0.717) is 5.75 Å². The standard InChI is InChI=1S/C8H11O4PS/c9-13(10)12-7-14(11)6-8-4-2-1-3-5-8/h1-5,13H,6-7H2,(H,9,10). The van der Waals surface area contributed by atoms with Crippen molar-refractivity contribution in [2.24, 2.45) is 0 Å². The Morgan fingerprint density at radius 3 is 2.64 bits per heavy atom. The van der Waals surface area contributed by atoms with E-state index in [4.69, 9.17) is 4.89 Å². The quantitative estimate of drug-likeness (QED) is 0.615. The van der Waals surface area contributed by atoms with Gasteiger partial charge in [0.05, 0.1) is 0 Å². The lowest BCUT2D eigenvalue weighted by atomic mass is 10.2. The summed E-state index contributed by atoms with van der Waals surface area (Å²) in [6.45, 7) is 0. The minimum Gasteiger partial charge on any atom is -0.614 e. The van der Waals surface area contributed by atoms with Gasteiger partial charge in [0.1, 0.15) is 5.75 Å². The maximum atomic E-state index is 11.3. The summed E-state index contributed by atoms with van der Waals surface area (Å²) in [7, 11) is -2.96. The molecule has 0 bridgehead atoms. The number of hydrogen-bond donors (Lipinski definition) is 1. The van der Waals surface area contributed by atoms with Gasteiger partial charge in [-0.3, -0.25) is 9.09 Å². The van der Waals surface area contributed by atoms with Crippen LogP contribution >= 0.6 is 8.25 Å². The molecule has 0 heterocycles. The summed E-state index contributed by atoms with van der Waals surface area (Å²) in [5.41, 5.74) is 0.923. The minimum absolute atomic E-state index is 0.191. The smallest absolute Gasteiger partial charge is 0.320 e. The molecule has 2 atom stereocenters. The lowest BCUT2D eigenvalue weighted by Gasteiger charge is -2.09. The Balaban J connectivity index is 2.34. The molecule has 0 aromatic heterocycles. The lowest BCUT2D eigenvalue weighted by molar-refractivity contribution is 0.322. The molecule has 1 N–H and O–H groups in total. The fraction of sp³-hybridized carbons (Fsp3) is 0.250. The molecule has 0 aliphatic heterocycles. The largest absolute Gasteiger partial charge is 0.614 e. The SMILES string of the molecule is O=[PH](O)OC[S+]([O-])Cc1ccccc1. The van der Waals surface area contributed by atoms with Gasteiger partial charge in [-0.05, 0) is 11.2 Å². The molecule has 0 fully saturated rings. The van der Waals surface area contributed by atoms with Crippen molar-refractivity contribution in [1.82, 2.24) is 0 Å². The normalized spacial score (nSPS) is 15.0. The van der Waals surface area contributed by atoms with Gasteiger partial charge < -0.3 is 9.45 Å². The fourth-order valence-corrected chi connectivity index (χ4v) is 2.49. The predicted molar refractivity (Wildman–Crippen MR) is 55.5 cm³/mol. The van der Waals surface area contributed by atoms with E-state index >= 15 is 0 Å². The third-order valence-corrected chi connectivity index (χ3v) is 3.12. The van der Waals surface area contributed by atoms with Gasteiger partial charge in [-0.1, -0.05) is 30.3 Å². The third kappa shape index (κ3) is 4.79. The highest BCUT2D eigenvalue weighted by atomic mass is 32.2. The molecule has 0 spiro atoms. The summed E-state index contributed by atoms with van der Waals surface area (Å²) < 4.78 is 25.8. The van der Waals surface area contributed by atoms with Gasteiger partial charge in [0.25, 0.3) is 0 Å². The highest BCUT2D eigenvalue weighted by Gasteiger charge is 2.08. The second kappa shape index (κ2) is 6.22. The minimum atomic E-state index is -2.96. The van der Waals surface area contributed by atoms with Crippen LogP contribution in [0.4, 0.5) is 0 Å². The van der Waals surface area contributed by atoms with Crippen molar-refractivity contribution >= 4 is 19.4 Å². The van der Waals surface area contributed by atoms with Crippen LogP contribution in [-0.4, -0.2) is 15.4 Å². The summed E-state index contributed by atoms with van der Waals surface area (Å²) in [5, 5.41) is 0. The molecule has 1 aromatic rings. The van der Waals surface area contributed by atoms with Gasteiger partial charge in [0, 0.05) is 5.56 Å². The van der Waals surface area contributed by atoms with Crippen LogP contribution in [-0.2, 0) is 26.0 Å². The summed E-state index contributed by atoms with van der Waals surface area (Å²) in [6.07, 6.45) is 0. The number of rotatable bonds is 5. The average molecular weight is 234 g/mol. The third-order valence-electron chi connectivity index (χ3n) is 1.48. The first-order valence-electron chi connectivity index (χ1n) is 3.93. The lowest BCUT2D eigenvalue weighted by Crippen LogP contribution is -2.09. The second-order valence-electron chi connectivity index (χ2n) is 2.60. The molecular formula is C8H11O4PS. The van der Waals surface area contributed by atoms with Crippen LogP contribution in [0.1, 0.15) is 5.56 Å². The van der Waals surface area contributed by atoms with E-state index in [0.717, 1.165) is 5.56 Å². The summed E-state index contributed by atoms with van der Waals surface area (Å²) >= 11 is -1.25. The van der Waals surface area contributed by atoms with E-state index in [1.54, 1.807) is 0 Å². The molecule has 0 amide bonds. The van der Waals surface area contributed by atoms with Crippen molar-refractivity contribution in [2.75, 3.05) is 5.94 Å². The maximum absolute atomic E-state index is 11.3. The van der Waals surface area contributed by atoms with Crippen LogP contribution in [0, 0.1) is 0 Å². The summed E-state index contributed by atoms with van der Waals surface area (Å²) in [4.78, 5) is 8.36. The van der Waals surface area contributed by atoms with Crippen LogP contribution in [0.25, 0.3) is 0 Å². The Hall–Kier alpha value is -0.320. The van der Waals surface area contributed by atoms with Crippen molar-refractivity contribution in [3.8, 4) is 0 Å². The molecule has 1 rings (SSSR count). The first-order chi connectivity index (χ1) is 6.68. The molecule has 0 aliphatic rings. The van der Waals surface area contributed by atoms with Gasteiger partial charge in [-0.15, -0.1) is 0 Å². The van der Waals surface area contributed by atoms with Gasteiger partial charge >= 0.3 is 8.25 Å². The highest BCUT2D eigenvalue weighted by molar-refractivity contribution is 7.90. The molecule has 6 heteroatoms. The van der Waals surface area contributed by atoms with E-state index in [1.807, 2.05) is 30.3 Å². The fourth-order valence-electron chi connectivity index (χ4n) is 0.918. The molecule has 0 radical (unpaired) electrons. The molecule has 4 nitrogen and oxygen atoms in total. The van der Waals surface area contributed by atoms with Gasteiger partial charge in [0.2, 0.25) is 5.94 Å². The van der Waals surface area contributed by atoms with Crippen LogP contribution in [0.2, 0.25) is 0 Å². The number of benzene rings is 1. The second-order valence-corrected chi connectivity index (χ2v) is 4.82. The van der Waals surface area contributed by atoms with E-state index < -0.39 is 19.4 Å². The van der Waals surface area contributed by atoms with E-state index in [9.17, 15) is 9.12 Å². The predicted octanol–water partition coefficient (Wildman–Crippen LogP) is 1.29. The van der Waals surface area contributed by atoms with Crippen molar-refractivity contribution in [2.45, 2.75) is 5.75 Å².